The predicted octanol–water partition coefficient (Wildman–Crippen LogP) is 5.67. The second-order valence-electron chi connectivity index (χ2n) is 6.71. The standard InChI is InChI=1S/C22H19BrN2.ClH/c23-20-10-4-9-19-18-11-12-24-13-21(18)25(22(19)20)14-16-7-3-6-15-5-1-2-8-17(15)16;/h1-10,24H,11-14H2;1H. The van der Waals surface area contributed by atoms with Gasteiger partial charge in [-0.05, 0) is 56.9 Å². The molecule has 1 aliphatic rings. The molecule has 3 aromatic carbocycles. The van der Waals surface area contributed by atoms with Crippen LogP contribution >= 0.6 is 28.3 Å². The number of rotatable bonds is 2. The first-order valence-electron chi connectivity index (χ1n) is 8.79. The minimum Gasteiger partial charge on any atom is -0.338 e. The van der Waals surface area contributed by atoms with Gasteiger partial charge in [-0.15, -0.1) is 12.4 Å². The van der Waals surface area contributed by atoms with E-state index < -0.39 is 0 Å². The fourth-order valence-electron chi connectivity index (χ4n) is 4.16. The van der Waals surface area contributed by atoms with E-state index in [0.29, 0.717) is 0 Å². The zero-order valence-corrected chi connectivity index (χ0v) is 16.7. The molecule has 0 spiro atoms. The monoisotopic (exact) mass is 426 g/mol. The Morgan fingerprint density at radius 1 is 0.923 bits per heavy atom. The predicted molar refractivity (Wildman–Crippen MR) is 115 cm³/mol. The van der Waals surface area contributed by atoms with Crippen molar-refractivity contribution in [3.05, 3.63) is 82.0 Å². The van der Waals surface area contributed by atoms with Gasteiger partial charge >= 0.3 is 0 Å². The maximum Gasteiger partial charge on any atom is 0.0633 e. The smallest absolute Gasteiger partial charge is 0.0633 e. The van der Waals surface area contributed by atoms with Crippen LogP contribution in [-0.2, 0) is 19.5 Å². The van der Waals surface area contributed by atoms with Crippen molar-refractivity contribution in [3.63, 3.8) is 0 Å². The number of para-hydroxylation sites is 1. The van der Waals surface area contributed by atoms with Crippen LogP contribution in [0, 0.1) is 0 Å². The fourth-order valence-corrected chi connectivity index (χ4v) is 4.74. The van der Waals surface area contributed by atoms with Gasteiger partial charge in [-0.2, -0.15) is 0 Å². The quantitative estimate of drug-likeness (QED) is 0.436. The molecule has 0 saturated carbocycles. The summed E-state index contributed by atoms with van der Waals surface area (Å²) in [5.41, 5.74) is 5.64. The molecule has 0 atom stereocenters. The van der Waals surface area contributed by atoms with E-state index in [4.69, 9.17) is 0 Å². The molecule has 4 aromatic rings. The normalized spacial score (nSPS) is 13.6. The van der Waals surface area contributed by atoms with E-state index in [2.05, 4.69) is 86.5 Å². The largest absolute Gasteiger partial charge is 0.338 e. The summed E-state index contributed by atoms with van der Waals surface area (Å²) in [4.78, 5) is 0. The number of benzene rings is 3. The van der Waals surface area contributed by atoms with Crippen molar-refractivity contribution >= 4 is 50.0 Å². The Hall–Kier alpha value is -1.81. The van der Waals surface area contributed by atoms with E-state index in [0.717, 1.165) is 26.1 Å². The van der Waals surface area contributed by atoms with Crippen molar-refractivity contribution in [2.45, 2.75) is 19.5 Å². The molecule has 2 heterocycles. The molecule has 132 valence electrons. The highest BCUT2D eigenvalue weighted by atomic mass is 79.9. The summed E-state index contributed by atoms with van der Waals surface area (Å²) < 4.78 is 3.68. The van der Waals surface area contributed by atoms with Gasteiger partial charge in [0.15, 0.2) is 0 Å². The van der Waals surface area contributed by atoms with Crippen LogP contribution < -0.4 is 5.32 Å². The number of hydrogen-bond donors (Lipinski definition) is 1. The van der Waals surface area contributed by atoms with Gasteiger partial charge < -0.3 is 9.88 Å². The lowest BCUT2D eigenvalue weighted by molar-refractivity contribution is 0.603. The summed E-state index contributed by atoms with van der Waals surface area (Å²) in [6, 6.07) is 21.9. The van der Waals surface area contributed by atoms with Gasteiger partial charge in [0.2, 0.25) is 0 Å². The second kappa shape index (κ2) is 7.07. The van der Waals surface area contributed by atoms with Crippen LogP contribution in [0.1, 0.15) is 16.8 Å². The van der Waals surface area contributed by atoms with Crippen LogP contribution in [0.3, 0.4) is 0 Å². The number of halogens is 2. The van der Waals surface area contributed by atoms with Crippen LogP contribution in [0.15, 0.2) is 65.1 Å². The molecular weight excluding hydrogens is 408 g/mol. The number of aromatic nitrogens is 1. The highest BCUT2D eigenvalue weighted by Gasteiger charge is 2.21. The van der Waals surface area contributed by atoms with Gasteiger partial charge in [0.25, 0.3) is 0 Å². The molecule has 0 fully saturated rings. The van der Waals surface area contributed by atoms with Gasteiger partial charge in [0.1, 0.15) is 0 Å². The first kappa shape index (κ1) is 17.6. The van der Waals surface area contributed by atoms with E-state index >= 15 is 0 Å². The van der Waals surface area contributed by atoms with Crippen LogP contribution in [0.4, 0.5) is 0 Å². The van der Waals surface area contributed by atoms with Crippen molar-refractivity contribution < 1.29 is 0 Å². The Kier molecular flexibility index (Phi) is 4.78. The number of fused-ring (bicyclic) bond motifs is 4. The van der Waals surface area contributed by atoms with Crippen LogP contribution in [-0.4, -0.2) is 11.1 Å². The number of nitrogens with zero attached hydrogens (tertiary/aromatic N) is 1. The molecule has 2 nitrogen and oxygen atoms in total. The zero-order valence-electron chi connectivity index (χ0n) is 14.3. The molecule has 1 aliphatic heterocycles. The summed E-state index contributed by atoms with van der Waals surface area (Å²) in [7, 11) is 0. The summed E-state index contributed by atoms with van der Waals surface area (Å²) in [6.45, 7) is 2.91. The molecule has 1 aromatic heterocycles. The molecule has 0 bridgehead atoms. The molecule has 1 N–H and O–H groups in total. The van der Waals surface area contributed by atoms with E-state index in [1.807, 2.05) is 0 Å². The van der Waals surface area contributed by atoms with Crippen molar-refractivity contribution in [1.29, 1.82) is 0 Å². The Morgan fingerprint density at radius 2 is 1.69 bits per heavy atom. The zero-order chi connectivity index (χ0) is 16.8. The lowest BCUT2D eigenvalue weighted by Gasteiger charge is -2.18. The van der Waals surface area contributed by atoms with Crippen molar-refractivity contribution in [2.24, 2.45) is 0 Å². The Bertz CT molecular complexity index is 1090. The molecule has 0 amide bonds. The Morgan fingerprint density at radius 3 is 2.62 bits per heavy atom. The maximum absolute atomic E-state index is 3.80. The molecule has 4 heteroatoms. The van der Waals surface area contributed by atoms with E-state index in [1.165, 1.54) is 43.0 Å². The lowest BCUT2D eigenvalue weighted by atomic mass is 10.0. The average molecular weight is 428 g/mol. The minimum atomic E-state index is 0. The van der Waals surface area contributed by atoms with E-state index in [-0.39, 0.29) is 12.4 Å². The molecule has 0 saturated heterocycles. The minimum absolute atomic E-state index is 0. The van der Waals surface area contributed by atoms with Gasteiger partial charge in [-0.3, -0.25) is 0 Å². The third-order valence-electron chi connectivity index (χ3n) is 5.31. The molecule has 0 radical (unpaired) electrons. The second-order valence-corrected chi connectivity index (χ2v) is 7.57. The Labute approximate surface area is 167 Å². The molecule has 5 rings (SSSR count). The fraction of sp³-hybridized carbons (Fsp3) is 0.182. The summed E-state index contributed by atoms with van der Waals surface area (Å²) >= 11 is 3.80. The first-order chi connectivity index (χ1) is 12.3. The maximum atomic E-state index is 3.80. The first-order valence-corrected chi connectivity index (χ1v) is 9.58. The van der Waals surface area contributed by atoms with Gasteiger partial charge in [0, 0.05) is 28.6 Å². The topological polar surface area (TPSA) is 17.0 Å². The summed E-state index contributed by atoms with van der Waals surface area (Å²) in [5, 5.41) is 7.59. The van der Waals surface area contributed by atoms with Crippen molar-refractivity contribution in [2.75, 3.05) is 6.54 Å². The molecule has 26 heavy (non-hydrogen) atoms. The van der Waals surface area contributed by atoms with Crippen LogP contribution in [0.2, 0.25) is 0 Å². The lowest BCUT2D eigenvalue weighted by Crippen LogP contribution is -2.25. The molecule has 0 unspecified atom stereocenters. The molecular formula is C22H20BrClN2. The number of nitrogens with one attached hydrogen (secondary N) is 1. The van der Waals surface area contributed by atoms with E-state index in [1.54, 1.807) is 0 Å². The molecule has 0 aliphatic carbocycles. The summed E-state index contributed by atoms with van der Waals surface area (Å²) in [6.07, 6.45) is 1.10. The third kappa shape index (κ3) is 2.75. The van der Waals surface area contributed by atoms with Crippen molar-refractivity contribution in [1.82, 2.24) is 9.88 Å². The van der Waals surface area contributed by atoms with Crippen LogP contribution in [0.5, 0.6) is 0 Å². The van der Waals surface area contributed by atoms with Gasteiger partial charge in [-0.25, -0.2) is 0 Å². The Balaban J connectivity index is 0.00000168. The highest BCUT2D eigenvalue weighted by molar-refractivity contribution is 9.10. The van der Waals surface area contributed by atoms with Gasteiger partial charge in [0.05, 0.1) is 5.52 Å². The average Bonchev–Trinajstić information content (AvgIpc) is 2.98. The van der Waals surface area contributed by atoms with Crippen molar-refractivity contribution in [3.8, 4) is 0 Å². The third-order valence-corrected chi connectivity index (χ3v) is 5.95. The summed E-state index contributed by atoms with van der Waals surface area (Å²) in [5.74, 6) is 0. The SMILES string of the molecule is Brc1cccc2c3c(n(Cc4cccc5ccccc45)c12)CNCC3.Cl. The van der Waals surface area contributed by atoms with E-state index in [9.17, 15) is 0 Å². The van der Waals surface area contributed by atoms with Gasteiger partial charge in [-0.1, -0.05) is 54.6 Å². The highest BCUT2D eigenvalue weighted by Crippen LogP contribution is 2.34. The number of hydrogen-bond acceptors (Lipinski definition) is 1. The van der Waals surface area contributed by atoms with Crippen LogP contribution in [0.25, 0.3) is 21.7 Å².